The van der Waals surface area contributed by atoms with Crippen LogP contribution < -0.4 is 5.32 Å². The summed E-state index contributed by atoms with van der Waals surface area (Å²) < 4.78 is 0. The van der Waals surface area contributed by atoms with Crippen LogP contribution in [0.5, 0.6) is 0 Å². The molecule has 20 heavy (non-hydrogen) atoms. The molecule has 1 saturated heterocycles. The van der Waals surface area contributed by atoms with Crippen LogP contribution in [0.25, 0.3) is 21.8 Å². The Kier molecular flexibility index (Phi) is 4.00. The van der Waals surface area contributed by atoms with Gasteiger partial charge in [-0.2, -0.15) is 0 Å². The topological polar surface area (TPSA) is 48.0 Å². The van der Waals surface area contributed by atoms with Crippen molar-refractivity contribution in [1.29, 1.82) is 0 Å². The van der Waals surface area contributed by atoms with Crippen LogP contribution in [0.15, 0.2) is 48.5 Å². The maximum absolute atomic E-state index is 8.85. The molecule has 0 amide bonds. The molecule has 0 bridgehead atoms. The monoisotopic (exact) mass is 268 g/mol. The molecule has 0 spiro atoms. The first-order chi connectivity index (χ1) is 9.84. The van der Waals surface area contributed by atoms with E-state index in [9.17, 15) is 0 Å². The molecule has 4 rings (SSSR count). The number of hydrogen-bond donors (Lipinski definition) is 3. The predicted octanol–water partition coefficient (Wildman–Crippen LogP) is 3.05. The Morgan fingerprint density at radius 3 is 1.95 bits per heavy atom. The molecule has 2 heterocycles. The Morgan fingerprint density at radius 2 is 1.50 bits per heavy atom. The van der Waals surface area contributed by atoms with E-state index in [0.29, 0.717) is 0 Å². The highest BCUT2D eigenvalue weighted by molar-refractivity contribution is 6.06. The molecule has 0 aliphatic carbocycles. The second kappa shape index (κ2) is 6.07. The molecule has 2 aromatic carbocycles. The van der Waals surface area contributed by atoms with Gasteiger partial charge in [0.05, 0.1) is 6.10 Å². The molecule has 1 aliphatic rings. The standard InChI is InChI=1S/C12H9N.C5H11NO/c1-3-7-11-9(5-1)10-6-2-4-8-12(10)13-11;7-5-2-1-3-6-4-5/h1-8,13H;5-7H,1-4H2. The smallest absolute Gasteiger partial charge is 0.0665 e. The average molecular weight is 268 g/mol. The third kappa shape index (κ3) is 2.84. The number of β-amino-alcohol motifs (C(OH)–C–C–N with tert-alkyl or cyclic N) is 1. The number of aromatic nitrogens is 1. The van der Waals surface area contributed by atoms with Crippen molar-refractivity contribution in [2.75, 3.05) is 13.1 Å². The zero-order valence-electron chi connectivity index (χ0n) is 11.5. The number of benzene rings is 2. The fourth-order valence-corrected chi connectivity index (χ4v) is 2.63. The molecule has 3 N–H and O–H groups in total. The molecule has 3 aromatic rings. The molecule has 104 valence electrons. The van der Waals surface area contributed by atoms with Crippen LogP contribution in [0, 0.1) is 0 Å². The molecule has 1 unspecified atom stereocenters. The van der Waals surface area contributed by atoms with E-state index >= 15 is 0 Å². The minimum atomic E-state index is -0.0752. The molecule has 0 radical (unpaired) electrons. The van der Waals surface area contributed by atoms with Crippen LogP contribution in [-0.4, -0.2) is 29.3 Å². The van der Waals surface area contributed by atoms with E-state index in [-0.39, 0.29) is 6.10 Å². The molecule has 1 aliphatic heterocycles. The van der Waals surface area contributed by atoms with Crippen LogP contribution in [0.2, 0.25) is 0 Å². The highest BCUT2D eigenvalue weighted by Gasteiger charge is 2.06. The van der Waals surface area contributed by atoms with Crippen LogP contribution in [-0.2, 0) is 0 Å². The normalized spacial score (nSPS) is 18.8. The SMILES string of the molecule is OC1CCCNC1.c1ccc2c(c1)[nH]c1ccccc12. The van der Waals surface area contributed by atoms with Crippen molar-refractivity contribution in [2.45, 2.75) is 18.9 Å². The van der Waals surface area contributed by atoms with Crippen LogP contribution in [0.3, 0.4) is 0 Å². The first-order valence-electron chi connectivity index (χ1n) is 7.19. The van der Waals surface area contributed by atoms with E-state index in [2.05, 4.69) is 58.8 Å². The summed E-state index contributed by atoms with van der Waals surface area (Å²) in [6.45, 7) is 1.87. The molecular weight excluding hydrogens is 248 g/mol. The van der Waals surface area contributed by atoms with Gasteiger partial charge in [0.15, 0.2) is 0 Å². The van der Waals surface area contributed by atoms with Gasteiger partial charge in [-0.15, -0.1) is 0 Å². The predicted molar refractivity (Wildman–Crippen MR) is 83.9 cm³/mol. The van der Waals surface area contributed by atoms with Gasteiger partial charge in [0.25, 0.3) is 0 Å². The number of aliphatic hydroxyl groups is 1. The van der Waals surface area contributed by atoms with Gasteiger partial charge in [-0.25, -0.2) is 0 Å². The summed E-state index contributed by atoms with van der Waals surface area (Å²) in [5.41, 5.74) is 2.42. The number of piperidine rings is 1. The van der Waals surface area contributed by atoms with Crippen molar-refractivity contribution in [1.82, 2.24) is 10.3 Å². The molecular formula is C17H20N2O. The van der Waals surface area contributed by atoms with E-state index in [1.165, 1.54) is 21.8 Å². The van der Waals surface area contributed by atoms with Gasteiger partial charge in [0.2, 0.25) is 0 Å². The number of H-pyrrole nitrogens is 1. The molecule has 1 aromatic heterocycles. The third-order valence-electron chi connectivity index (χ3n) is 3.68. The summed E-state index contributed by atoms with van der Waals surface area (Å²) >= 11 is 0. The van der Waals surface area contributed by atoms with E-state index in [0.717, 1.165) is 25.9 Å². The summed E-state index contributed by atoms with van der Waals surface area (Å²) in [5, 5.41) is 14.5. The zero-order chi connectivity index (χ0) is 13.8. The Bertz CT molecular complexity index is 633. The number of nitrogens with one attached hydrogen (secondary N) is 2. The fourth-order valence-electron chi connectivity index (χ4n) is 2.63. The van der Waals surface area contributed by atoms with Crippen LogP contribution >= 0.6 is 0 Å². The summed E-state index contributed by atoms with van der Waals surface area (Å²) in [7, 11) is 0. The number of rotatable bonds is 0. The molecule has 3 heteroatoms. The Hall–Kier alpha value is -1.84. The number of aromatic amines is 1. The lowest BCUT2D eigenvalue weighted by Gasteiger charge is -2.16. The summed E-state index contributed by atoms with van der Waals surface area (Å²) in [6.07, 6.45) is 2.03. The second-order valence-electron chi connectivity index (χ2n) is 5.22. The molecule has 0 saturated carbocycles. The highest BCUT2D eigenvalue weighted by Crippen LogP contribution is 2.24. The number of fused-ring (bicyclic) bond motifs is 3. The fraction of sp³-hybridized carbons (Fsp3) is 0.294. The summed E-state index contributed by atoms with van der Waals surface area (Å²) in [5.74, 6) is 0. The van der Waals surface area contributed by atoms with Gasteiger partial charge in [0, 0.05) is 28.4 Å². The van der Waals surface area contributed by atoms with Crippen LogP contribution in [0.1, 0.15) is 12.8 Å². The largest absolute Gasteiger partial charge is 0.392 e. The second-order valence-corrected chi connectivity index (χ2v) is 5.22. The molecule has 1 atom stereocenters. The lowest BCUT2D eigenvalue weighted by atomic mass is 10.1. The Balaban J connectivity index is 0.000000147. The number of para-hydroxylation sites is 2. The van der Waals surface area contributed by atoms with E-state index in [1.807, 2.05) is 0 Å². The quantitative estimate of drug-likeness (QED) is 0.587. The van der Waals surface area contributed by atoms with Crippen molar-refractivity contribution in [3.8, 4) is 0 Å². The van der Waals surface area contributed by atoms with Crippen LogP contribution in [0.4, 0.5) is 0 Å². The molecule has 1 fully saturated rings. The van der Waals surface area contributed by atoms with Crippen molar-refractivity contribution in [2.24, 2.45) is 0 Å². The highest BCUT2D eigenvalue weighted by atomic mass is 16.3. The maximum Gasteiger partial charge on any atom is 0.0665 e. The summed E-state index contributed by atoms with van der Waals surface area (Å²) in [4.78, 5) is 3.38. The Morgan fingerprint density at radius 1 is 0.900 bits per heavy atom. The van der Waals surface area contributed by atoms with Gasteiger partial charge in [-0.3, -0.25) is 0 Å². The Labute approximate surface area is 118 Å². The van der Waals surface area contributed by atoms with Gasteiger partial charge in [0.1, 0.15) is 0 Å². The zero-order valence-corrected chi connectivity index (χ0v) is 11.5. The lowest BCUT2D eigenvalue weighted by molar-refractivity contribution is 0.142. The minimum Gasteiger partial charge on any atom is -0.392 e. The van der Waals surface area contributed by atoms with Gasteiger partial charge < -0.3 is 15.4 Å². The lowest BCUT2D eigenvalue weighted by Crippen LogP contribution is -2.33. The summed E-state index contributed by atoms with van der Waals surface area (Å²) in [6, 6.07) is 16.8. The van der Waals surface area contributed by atoms with E-state index in [1.54, 1.807) is 0 Å². The van der Waals surface area contributed by atoms with Gasteiger partial charge >= 0.3 is 0 Å². The van der Waals surface area contributed by atoms with Crippen molar-refractivity contribution in [3.05, 3.63) is 48.5 Å². The van der Waals surface area contributed by atoms with Gasteiger partial charge in [-0.1, -0.05) is 36.4 Å². The first-order valence-corrected chi connectivity index (χ1v) is 7.19. The van der Waals surface area contributed by atoms with Crippen molar-refractivity contribution < 1.29 is 5.11 Å². The first kappa shape index (κ1) is 13.2. The minimum absolute atomic E-state index is 0.0752. The van der Waals surface area contributed by atoms with E-state index in [4.69, 9.17) is 5.11 Å². The third-order valence-corrected chi connectivity index (χ3v) is 3.68. The number of aliphatic hydroxyl groups excluding tert-OH is 1. The van der Waals surface area contributed by atoms with E-state index < -0.39 is 0 Å². The number of hydrogen-bond acceptors (Lipinski definition) is 2. The van der Waals surface area contributed by atoms with Crippen molar-refractivity contribution in [3.63, 3.8) is 0 Å². The van der Waals surface area contributed by atoms with Gasteiger partial charge in [-0.05, 0) is 31.5 Å². The average Bonchev–Trinajstić information content (AvgIpc) is 2.87. The molecule has 3 nitrogen and oxygen atoms in total. The maximum atomic E-state index is 8.85. The van der Waals surface area contributed by atoms with Crippen molar-refractivity contribution >= 4 is 21.8 Å².